The van der Waals surface area contributed by atoms with E-state index in [-0.39, 0.29) is 30.6 Å². The number of nitrogens with zero attached hydrogens (tertiary/aromatic N) is 1. The van der Waals surface area contributed by atoms with Crippen molar-refractivity contribution in [2.45, 2.75) is 37.8 Å². The van der Waals surface area contributed by atoms with Crippen molar-refractivity contribution in [2.24, 2.45) is 0 Å². The molecule has 1 heterocycles. The molecule has 8 nitrogen and oxygen atoms in total. The molecule has 0 aromatic heterocycles. The second-order valence-electron chi connectivity index (χ2n) is 6.18. The van der Waals surface area contributed by atoms with Gasteiger partial charge in [0.2, 0.25) is 5.91 Å². The van der Waals surface area contributed by atoms with Crippen LogP contribution >= 0.6 is 0 Å². The minimum atomic E-state index is -1.22. The summed E-state index contributed by atoms with van der Waals surface area (Å²) in [5.41, 5.74) is 0.421. The maximum Gasteiger partial charge on any atom is 0.326 e. The molecule has 0 spiro atoms. The number of aliphatic hydroxyl groups excluding tert-OH is 1. The summed E-state index contributed by atoms with van der Waals surface area (Å²) in [4.78, 5) is 50.2. The number of rotatable bonds is 10. The average Bonchev–Trinajstić information content (AvgIpc) is 2.90. The van der Waals surface area contributed by atoms with E-state index < -0.39 is 35.8 Å². The van der Waals surface area contributed by atoms with Crippen molar-refractivity contribution in [2.75, 3.05) is 6.61 Å². The summed E-state index contributed by atoms with van der Waals surface area (Å²) >= 11 is 0. The highest BCUT2D eigenvalue weighted by molar-refractivity contribution is 6.22. The van der Waals surface area contributed by atoms with Gasteiger partial charge in [-0.1, -0.05) is 18.2 Å². The predicted octanol–water partition coefficient (Wildman–Crippen LogP) is 0.959. The lowest BCUT2D eigenvalue weighted by Crippen LogP contribution is -2.53. The van der Waals surface area contributed by atoms with Crippen LogP contribution in [-0.2, 0) is 9.59 Å². The van der Waals surface area contributed by atoms with E-state index in [4.69, 9.17) is 5.11 Å². The molecule has 1 aromatic carbocycles. The highest BCUT2D eigenvalue weighted by atomic mass is 16.4. The van der Waals surface area contributed by atoms with E-state index in [0.29, 0.717) is 12.8 Å². The number of hydrogen-bond donors (Lipinski definition) is 3. The van der Waals surface area contributed by atoms with E-state index in [1.807, 2.05) is 0 Å². The van der Waals surface area contributed by atoms with Crippen molar-refractivity contribution < 1.29 is 29.4 Å². The predicted molar refractivity (Wildman–Crippen MR) is 96.0 cm³/mol. The maximum absolute atomic E-state index is 12.7. The number of carbonyl (C=O) groups excluding carboxylic acids is 3. The number of amides is 3. The van der Waals surface area contributed by atoms with Crippen LogP contribution in [0.25, 0.3) is 0 Å². The van der Waals surface area contributed by atoms with E-state index in [0.717, 1.165) is 4.90 Å². The Kier molecular flexibility index (Phi) is 6.84. The van der Waals surface area contributed by atoms with E-state index in [2.05, 4.69) is 11.9 Å². The van der Waals surface area contributed by atoms with Gasteiger partial charge >= 0.3 is 5.97 Å². The topological polar surface area (TPSA) is 124 Å². The number of aliphatic carboxylic acids is 1. The normalized spacial score (nSPS) is 15.2. The fraction of sp³-hybridized carbons (Fsp3) is 0.368. The first-order valence-corrected chi connectivity index (χ1v) is 8.64. The van der Waals surface area contributed by atoms with E-state index in [1.54, 1.807) is 12.1 Å². The molecule has 1 aliphatic rings. The van der Waals surface area contributed by atoms with E-state index in [9.17, 15) is 24.3 Å². The summed E-state index contributed by atoms with van der Waals surface area (Å²) in [6, 6.07) is 3.90. The fourth-order valence-electron chi connectivity index (χ4n) is 2.96. The van der Waals surface area contributed by atoms with Gasteiger partial charge in [-0.25, -0.2) is 4.79 Å². The van der Waals surface area contributed by atoms with Gasteiger partial charge in [0.1, 0.15) is 12.1 Å². The Balaban J connectivity index is 2.20. The Morgan fingerprint density at radius 1 is 1.15 bits per heavy atom. The van der Waals surface area contributed by atoms with Gasteiger partial charge in [-0.05, 0) is 37.8 Å². The first kappa shape index (κ1) is 20.3. The molecule has 0 saturated carbocycles. The number of aliphatic hydroxyl groups is 1. The molecule has 2 atom stereocenters. The highest BCUT2D eigenvalue weighted by Crippen LogP contribution is 2.26. The van der Waals surface area contributed by atoms with Gasteiger partial charge in [0.05, 0.1) is 11.1 Å². The van der Waals surface area contributed by atoms with Crippen LogP contribution in [0.5, 0.6) is 0 Å². The zero-order chi connectivity index (χ0) is 20.0. The SMILES string of the molecule is C=CC[C@H](C(=O)N[C@@H](CCCCO)C(=O)O)N1C(=O)c2ccccc2C1=O. The Bertz CT molecular complexity index is 725. The molecule has 0 saturated heterocycles. The third-order valence-corrected chi connectivity index (χ3v) is 4.35. The Morgan fingerprint density at radius 3 is 2.22 bits per heavy atom. The molecule has 2 rings (SSSR count). The van der Waals surface area contributed by atoms with Gasteiger partial charge < -0.3 is 15.5 Å². The Morgan fingerprint density at radius 2 is 1.74 bits per heavy atom. The number of hydrogen-bond acceptors (Lipinski definition) is 5. The lowest BCUT2D eigenvalue weighted by molar-refractivity contribution is -0.142. The number of unbranched alkanes of at least 4 members (excludes halogenated alkanes) is 1. The summed E-state index contributed by atoms with van der Waals surface area (Å²) in [6.07, 6.45) is 2.35. The first-order valence-electron chi connectivity index (χ1n) is 8.64. The lowest BCUT2D eigenvalue weighted by Gasteiger charge is -2.26. The molecule has 27 heavy (non-hydrogen) atoms. The summed E-state index contributed by atoms with van der Waals surface area (Å²) in [6.45, 7) is 3.48. The number of carbonyl (C=O) groups is 4. The standard InChI is InChI=1S/C19H22N2O6/c1-2-7-15(16(23)20-14(19(26)27)10-5-6-11-22)21-17(24)12-8-3-4-9-13(12)18(21)25/h2-4,8-9,14-15,22H,1,5-7,10-11H2,(H,20,23)(H,26,27)/t14-,15+/m0/s1. The van der Waals surface area contributed by atoms with Crippen molar-refractivity contribution in [3.05, 3.63) is 48.0 Å². The minimum absolute atomic E-state index is 0.000279. The minimum Gasteiger partial charge on any atom is -0.480 e. The Labute approximate surface area is 156 Å². The number of fused-ring (bicyclic) bond motifs is 1. The van der Waals surface area contributed by atoms with Gasteiger partial charge in [-0.3, -0.25) is 19.3 Å². The van der Waals surface area contributed by atoms with Gasteiger partial charge in [-0.15, -0.1) is 6.58 Å². The number of nitrogens with one attached hydrogen (secondary N) is 1. The quantitative estimate of drug-likeness (QED) is 0.318. The molecule has 3 N–H and O–H groups in total. The molecule has 0 radical (unpaired) electrons. The van der Waals surface area contributed by atoms with Crippen molar-refractivity contribution in [1.82, 2.24) is 10.2 Å². The van der Waals surface area contributed by atoms with E-state index in [1.165, 1.54) is 18.2 Å². The highest BCUT2D eigenvalue weighted by Gasteiger charge is 2.42. The van der Waals surface area contributed by atoms with Crippen LogP contribution in [0, 0.1) is 0 Å². The van der Waals surface area contributed by atoms with Crippen LogP contribution in [-0.4, -0.2) is 57.5 Å². The first-order chi connectivity index (χ1) is 12.9. The van der Waals surface area contributed by atoms with Crippen molar-refractivity contribution in [3.63, 3.8) is 0 Å². The van der Waals surface area contributed by atoms with Crippen LogP contribution in [0.15, 0.2) is 36.9 Å². The van der Waals surface area contributed by atoms with Gasteiger partial charge in [0, 0.05) is 6.61 Å². The third kappa shape index (κ3) is 4.40. The maximum atomic E-state index is 12.7. The fourth-order valence-corrected chi connectivity index (χ4v) is 2.96. The number of carboxylic acid groups (broad SMARTS) is 1. The largest absolute Gasteiger partial charge is 0.480 e. The summed E-state index contributed by atoms with van der Waals surface area (Å²) < 4.78 is 0. The smallest absolute Gasteiger partial charge is 0.326 e. The molecule has 0 fully saturated rings. The molecule has 0 aliphatic carbocycles. The van der Waals surface area contributed by atoms with Gasteiger partial charge in [-0.2, -0.15) is 0 Å². The van der Waals surface area contributed by atoms with Gasteiger partial charge in [0.15, 0.2) is 0 Å². The third-order valence-electron chi connectivity index (χ3n) is 4.35. The zero-order valence-electron chi connectivity index (χ0n) is 14.8. The number of imide groups is 1. The lowest BCUT2D eigenvalue weighted by atomic mass is 10.1. The molecule has 144 valence electrons. The summed E-state index contributed by atoms with van der Waals surface area (Å²) in [5, 5.41) is 20.5. The molecular weight excluding hydrogens is 352 g/mol. The summed E-state index contributed by atoms with van der Waals surface area (Å²) in [7, 11) is 0. The Hall–Kier alpha value is -3.00. The number of carboxylic acids is 1. The molecule has 8 heteroatoms. The summed E-state index contributed by atoms with van der Waals surface area (Å²) in [5.74, 6) is -3.14. The number of benzene rings is 1. The van der Waals surface area contributed by atoms with Crippen LogP contribution in [0.4, 0.5) is 0 Å². The molecule has 0 unspecified atom stereocenters. The van der Waals surface area contributed by atoms with Crippen LogP contribution in [0.1, 0.15) is 46.4 Å². The molecule has 0 bridgehead atoms. The zero-order valence-corrected chi connectivity index (χ0v) is 14.8. The molecule has 3 amide bonds. The van der Waals surface area contributed by atoms with Crippen molar-refractivity contribution in [3.8, 4) is 0 Å². The molecule has 1 aliphatic heterocycles. The van der Waals surface area contributed by atoms with Crippen LogP contribution in [0.2, 0.25) is 0 Å². The van der Waals surface area contributed by atoms with Crippen molar-refractivity contribution in [1.29, 1.82) is 0 Å². The molecule has 1 aromatic rings. The average molecular weight is 374 g/mol. The second kappa shape index (κ2) is 9.09. The monoisotopic (exact) mass is 374 g/mol. The van der Waals surface area contributed by atoms with Gasteiger partial charge in [0.25, 0.3) is 11.8 Å². The molecular formula is C19H22N2O6. The second-order valence-corrected chi connectivity index (χ2v) is 6.18. The van der Waals surface area contributed by atoms with E-state index >= 15 is 0 Å². The van der Waals surface area contributed by atoms with Crippen LogP contribution in [0.3, 0.4) is 0 Å². The van der Waals surface area contributed by atoms with Crippen LogP contribution < -0.4 is 5.32 Å². The van der Waals surface area contributed by atoms with Crippen molar-refractivity contribution >= 4 is 23.7 Å².